The van der Waals surface area contributed by atoms with Crippen molar-refractivity contribution in [2.24, 2.45) is 0 Å². The SMILES string of the molecule is CC(O)CC(C)NC(=O)c1ccc(S)cc1. The molecule has 4 heteroatoms. The van der Waals surface area contributed by atoms with Gasteiger partial charge in [-0.1, -0.05) is 0 Å². The molecule has 0 aliphatic carbocycles. The van der Waals surface area contributed by atoms with Crippen LogP contribution in [0.15, 0.2) is 29.2 Å². The quantitative estimate of drug-likeness (QED) is 0.702. The van der Waals surface area contributed by atoms with E-state index in [-0.39, 0.29) is 11.9 Å². The fourth-order valence-corrected chi connectivity index (χ4v) is 1.64. The van der Waals surface area contributed by atoms with Crippen molar-refractivity contribution in [2.45, 2.75) is 37.3 Å². The van der Waals surface area contributed by atoms with Crippen molar-refractivity contribution in [1.29, 1.82) is 0 Å². The summed E-state index contributed by atoms with van der Waals surface area (Å²) in [7, 11) is 0. The predicted molar refractivity (Wildman–Crippen MR) is 66.9 cm³/mol. The fraction of sp³-hybridized carbons (Fsp3) is 0.417. The Morgan fingerprint density at radius 3 is 2.44 bits per heavy atom. The van der Waals surface area contributed by atoms with Crippen LogP contribution < -0.4 is 5.32 Å². The Labute approximate surface area is 101 Å². The highest BCUT2D eigenvalue weighted by Gasteiger charge is 2.11. The Kier molecular flexibility index (Phi) is 4.83. The summed E-state index contributed by atoms with van der Waals surface area (Å²) in [5, 5.41) is 12.0. The second-order valence-electron chi connectivity index (χ2n) is 4.01. The molecule has 2 N–H and O–H groups in total. The Hall–Kier alpha value is -1.00. The third kappa shape index (κ3) is 4.24. The summed E-state index contributed by atoms with van der Waals surface area (Å²) in [6, 6.07) is 6.97. The number of rotatable bonds is 4. The van der Waals surface area contributed by atoms with Crippen LogP contribution in [0.25, 0.3) is 0 Å². The van der Waals surface area contributed by atoms with Gasteiger partial charge in [0, 0.05) is 16.5 Å². The molecule has 0 bridgehead atoms. The first-order valence-electron chi connectivity index (χ1n) is 5.27. The summed E-state index contributed by atoms with van der Waals surface area (Å²) in [6.07, 6.45) is 0.145. The summed E-state index contributed by atoms with van der Waals surface area (Å²) in [5.74, 6) is -0.124. The molecule has 1 aromatic rings. The van der Waals surface area contributed by atoms with Crippen molar-refractivity contribution in [2.75, 3.05) is 0 Å². The van der Waals surface area contributed by atoms with E-state index in [1.165, 1.54) is 0 Å². The highest BCUT2D eigenvalue weighted by Crippen LogP contribution is 2.08. The largest absolute Gasteiger partial charge is 0.393 e. The van der Waals surface area contributed by atoms with Crippen molar-refractivity contribution < 1.29 is 9.90 Å². The minimum atomic E-state index is -0.407. The van der Waals surface area contributed by atoms with Crippen LogP contribution in [-0.2, 0) is 0 Å². The summed E-state index contributed by atoms with van der Waals surface area (Å²) in [6.45, 7) is 3.58. The van der Waals surface area contributed by atoms with Crippen molar-refractivity contribution in [3.8, 4) is 0 Å². The molecular formula is C12H17NO2S. The van der Waals surface area contributed by atoms with Gasteiger partial charge in [-0.3, -0.25) is 4.79 Å². The zero-order valence-corrected chi connectivity index (χ0v) is 10.4. The number of carbonyl (C=O) groups excluding carboxylic acids is 1. The molecule has 0 spiro atoms. The molecule has 1 amide bonds. The summed E-state index contributed by atoms with van der Waals surface area (Å²) < 4.78 is 0. The van der Waals surface area contributed by atoms with Gasteiger partial charge in [0.15, 0.2) is 0 Å². The third-order valence-corrected chi connectivity index (χ3v) is 2.50. The molecule has 16 heavy (non-hydrogen) atoms. The minimum absolute atomic E-state index is 0.0387. The molecule has 0 aromatic heterocycles. The maximum Gasteiger partial charge on any atom is 0.251 e. The molecule has 1 aromatic carbocycles. The second-order valence-corrected chi connectivity index (χ2v) is 4.52. The van der Waals surface area contributed by atoms with Crippen LogP contribution in [0.2, 0.25) is 0 Å². The summed E-state index contributed by atoms with van der Waals surface area (Å²) in [5.41, 5.74) is 0.607. The van der Waals surface area contributed by atoms with Crippen LogP contribution in [0.1, 0.15) is 30.6 Å². The lowest BCUT2D eigenvalue weighted by molar-refractivity contribution is 0.0923. The van der Waals surface area contributed by atoms with E-state index in [1.54, 1.807) is 31.2 Å². The fourth-order valence-electron chi connectivity index (χ4n) is 1.49. The minimum Gasteiger partial charge on any atom is -0.393 e. The van der Waals surface area contributed by atoms with E-state index in [2.05, 4.69) is 17.9 Å². The molecule has 0 radical (unpaired) electrons. The average Bonchev–Trinajstić information content (AvgIpc) is 2.16. The van der Waals surface area contributed by atoms with E-state index < -0.39 is 6.10 Å². The van der Waals surface area contributed by atoms with Crippen LogP contribution in [0.5, 0.6) is 0 Å². The second kappa shape index (κ2) is 5.92. The van der Waals surface area contributed by atoms with E-state index in [4.69, 9.17) is 0 Å². The van der Waals surface area contributed by atoms with E-state index in [1.807, 2.05) is 6.92 Å². The van der Waals surface area contributed by atoms with Crippen LogP contribution >= 0.6 is 12.6 Å². The number of thiol groups is 1. The van der Waals surface area contributed by atoms with Gasteiger partial charge in [-0.05, 0) is 44.5 Å². The molecular weight excluding hydrogens is 222 g/mol. The standard InChI is InChI=1S/C12H17NO2S/c1-8(7-9(2)14)13-12(15)10-3-5-11(16)6-4-10/h3-6,8-9,14,16H,7H2,1-2H3,(H,13,15). The zero-order chi connectivity index (χ0) is 12.1. The number of amides is 1. The van der Waals surface area contributed by atoms with Gasteiger partial charge in [0.05, 0.1) is 6.10 Å². The van der Waals surface area contributed by atoms with Gasteiger partial charge in [-0.15, -0.1) is 12.6 Å². The first-order valence-corrected chi connectivity index (χ1v) is 5.71. The summed E-state index contributed by atoms with van der Waals surface area (Å²) >= 11 is 4.15. The normalized spacial score (nSPS) is 14.2. The monoisotopic (exact) mass is 239 g/mol. The molecule has 2 atom stereocenters. The van der Waals surface area contributed by atoms with Crippen LogP contribution in [-0.4, -0.2) is 23.2 Å². The molecule has 0 aliphatic heterocycles. The van der Waals surface area contributed by atoms with E-state index in [9.17, 15) is 9.90 Å². The topological polar surface area (TPSA) is 49.3 Å². The maximum atomic E-state index is 11.7. The zero-order valence-electron chi connectivity index (χ0n) is 9.47. The van der Waals surface area contributed by atoms with Crippen molar-refractivity contribution >= 4 is 18.5 Å². The Morgan fingerprint density at radius 1 is 1.38 bits per heavy atom. The Morgan fingerprint density at radius 2 is 1.94 bits per heavy atom. The number of hydrogen-bond donors (Lipinski definition) is 3. The maximum absolute atomic E-state index is 11.7. The van der Waals surface area contributed by atoms with Gasteiger partial charge < -0.3 is 10.4 Å². The van der Waals surface area contributed by atoms with Gasteiger partial charge in [0.1, 0.15) is 0 Å². The smallest absolute Gasteiger partial charge is 0.251 e. The molecule has 0 fully saturated rings. The lowest BCUT2D eigenvalue weighted by Gasteiger charge is -2.15. The van der Waals surface area contributed by atoms with Gasteiger partial charge >= 0.3 is 0 Å². The van der Waals surface area contributed by atoms with Crippen molar-refractivity contribution in [1.82, 2.24) is 5.32 Å². The van der Waals surface area contributed by atoms with Crippen LogP contribution in [0.3, 0.4) is 0 Å². The van der Waals surface area contributed by atoms with Gasteiger partial charge in [-0.25, -0.2) is 0 Å². The lowest BCUT2D eigenvalue weighted by Crippen LogP contribution is -2.34. The Balaban J connectivity index is 2.55. The van der Waals surface area contributed by atoms with Gasteiger partial charge in [0.2, 0.25) is 0 Å². The number of nitrogens with one attached hydrogen (secondary N) is 1. The first kappa shape index (κ1) is 13.1. The molecule has 1 rings (SSSR count). The van der Waals surface area contributed by atoms with E-state index in [0.29, 0.717) is 12.0 Å². The number of aliphatic hydroxyl groups is 1. The molecule has 88 valence electrons. The molecule has 0 aliphatic rings. The van der Waals surface area contributed by atoms with E-state index in [0.717, 1.165) is 4.90 Å². The van der Waals surface area contributed by atoms with Gasteiger partial charge in [0.25, 0.3) is 5.91 Å². The highest BCUT2D eigenvalue weighted by atomic mass is 32.1. The molecule has 0 saturated heterocycles. The van der Waals surface area contributed by atoms with E-state index >= 15 is 0 Å². The molecule has 2 unspecified atom stereocenters. The van der Waals surface area contributed by atoms with Gasteiger partial charge in [-0.2, -0.15) is 0 Å². The summed E-state index contributed by atoms with van der Waals surface area (Å²) in [4.78, 5) is 12.6. The number of benzene rings is 1. The van der Waals surface area contributed by atoms with Crippen molar-refractivity contribution in [3.63, 3.8) is 0 Å². The van der Waals surface area contributed by atoms with Crippen molar-refractivity contribution in [3.05, 3.63) is 29.8 Å². The molecule has 3 nitrogen and oxygen atoms in total. The van der Waals surface area contributed by atoms with Crippen LogP contribution in [0.4, 0.5) is 0 Å². The highest BCUT2D eigenvalue weighted by molar-refractivity contribution is 7.80. The average molecular weight is 239 g/mol. The molecule has 0 saturated carbocycles. The molecule has 0 heterocycles. The predicted octanol–water partition coefficient (Wildman–Crippen LogP) is 1.86. The number of aliphatic hydroxyl groups excluding tert-OH is 1. The third-order valence-electron chi connectivity index (χ3n) is 2.20. The first-order chi connectivity index (χ1) is 7.49. The van der Waals surface area contributed by atoms with Crippen LogP contribution in [0, 0.1) is 0 Å². The Bertz CT molecular complexity index is 349. The number of hydrogen-bond acceptors (Lipinski definition) is 3. The number of carbonyl (C=O) groups is 1. The lowest BCUT2D eigenvalue weighted by atomic mass is 10.1.